The second-order valence-electron chi connectivity index (χ2n) is 8.61. The largest absolute Gasteiger partial charge is 0.378 e. The van der Waals surface area contributed by atoms with Gasteiger partial charge in [0.2, 0.25) is 10.0 Å². The first-order valence-corrected chi connectivity index (χ1v) is 12.1. The number of hydrogen-bond acceptors (Lipinski definition) is 5. The van der Waals surface area contributed by atoms with E-state index in [0.29, 0.717) is 24.6 Å². The summed E-state index contributed by atoms with van der Waals surface area (Å²) in [7, 11) is -3.69. The Morgan fingerprint density at radius 3 is 2.42 bits per heavy atom. The SMILES string of the molecule is Cc1cc(NCC(=O)c2cccc(S(=O)(=O)N3CC(C)OC(C)C3)c2)ccc1C(C)C. The molecule has 2 unspecified atom stereocenters. The number of anilines is 1. The Balaban J connectivity index is 1.72. The van der Waals surface area contributed by atoms with Gasteiger partial charge in [-0.3, -0.25) is 4.79 Å². The van der Waals surface area contributed by atoms with Crippen LogP contribution in [0.15, 0.2) is 47.4 Å². The van der Waals surface area contributed by atoms with E-state index >= 15 is 0 Å². The maximum atomic E-state index is 13.1. The van der Waals surface area contributed by atoms with Crippen molar-refractivity contribution in [2.75, 3.05) is 25.0 Å². The Bertz CT molecular complexity index is 1040. The number of ether oxygens (including phenoxy) is 1. The monoisotopic (exact) mass is 444 g/mol. The lowest BCUT2D eigenvalue weighted by molar-refractivity contribution is -0.0440. The average molecular weight is 445 g/mol. The van der Waals surface area contributed by atoms with Crippen LogP contribution >= 0.6 is 0 Å². The molecule has 168 valence electrons. The van der Waals surface area contributed by atoms with E-state index in [1.165, 1.54) is 21.5 Å². The number of nitrogens with zero attached hydrogens (tertiary/aromatic N) is 1. The third kappa shape index (κ3) is 5.53. The van der Waals surface area contributed by atoms with Gasteiger partial charge in [-0.05, 0) is 62.1 Å². The number of morpholine rings is 1. The summed E-state index contributed by atoms with van der Waals surface area (Å²) in [4.78, 5) is 12.9. The average Bonchev–Trinajstić information content (AvgIpc) is 2.71. The molecular formula is C24H32N2O4S. The molecule has 1 saturated heterocycles. The van der Waals surface area contributed by atoms with Crippen LogP contribution in [0, 0.1) is 6.92 Å². The van der Waals surface area contributed by atoms with Crippen LogP contribution in [0.2, 0.25) is 0 Å². The van der Waals surface area contributed by atoms with Gasteiger partial charge in [0, 0.05) is 24.3 Å². The molecule has 3 rings (SSSR count). The fraction of sp³-hybridized carbons (Fsp3) is 0.458. The number of hydrogen-bond donors (Lipinski definition) is 1. The van der Waals surface area contributed by atoms with Crippen molar-refractivity contribution < 1.29 is 17.9 Å². The second kappa shape index (κ2) is 9.51. The zero-order chi connectivity index (χ0) is 22.8. The number of Topliss-reactive ketones (excluding diaryl/α,β-unsaturated/α-hetero) is 1. The number of rotatable bonds is 7. The summed E-state index contributed by atoms with van der Waals surface area (Å²) in [6.45, 7) is 10.8. The summed E-state index contributed by atoms with van der Waals surface area (Å²) in [6.07, 6.45) is -0.337. The van der Waals surface area contributed by atoms with E-state index in [1.807, 2.05) is 26.0 Å². The first-order chi connectivity index (χ1) is 14.6. The van der Waals surface area contributed by atoms with Crippen molar-refractivity contribution in [3.63, 3.8) is 0 Å². The maximum Gasteiger partial charge on any atom is 0.243 e. The van der Waals surface area contributed by atoms with Gasteiger partial charge in [0.15, 0.2) is 5.78 Å². The number of sulfonamides is 1. The van der Waals surface area contributed by atoms with Gasteiger partial charge in [0.05, 0.1) is 23.6 Å². The van der Waals surface area contributed by atoms with Crippen LogP contribution in [0.4, 0.5) is 5.69 Å². The van der Waals surface area contributed by atoms with Crippen molar-refractivity contribution in [3.05, 3.63) is 59.2 Å². The van der Waals surface area contributed by atoms with Crippen LogP contribution in [-0.4, -0.2) is 50.3 Å². The maximum absolute atomic E-state index is 13.1. The zero-order valence-electron chi connectivity index (χ0n) is 18.9. The first-order valence-electron chi connectivity index (χ1n) is 10.7. The summed E-state index contributed by atoms with van der Waals surface area (Å²) < 4.78 is 33.3. The Kier molecular flexibility index (Phi) is 7.19. The number of carbonyl (C=O) groups is 1. The van der Waals surface area contributed by atoms with E-state index in [-0.39, 0.29) is 29.4 Å². The van der Waals surface area contributed by atoms with Crippen molar-refractivity contribution in [2.24, 2.45) is 0 Å². The van der Waals surface area contributed by atoms with Crippen molar-refractivity contribution in [1.29, 1.82) is 0 Å². The predicted octanol–water partition coefficient (Wildman–Crippen LogP) is 4.21. The second-order valence-corrected chi connectivity index (χ2v) is 10.5. The number of nitrogens with one attached hydrogen (secondary N) is 1. The lowest BCUT2D eigenvalue weighted by atomic mass is 9.97. The molecule has 1 fully saturated rings. The van der Waals surface area contributed by atoms with Crippen molar-refractivity contribution >= 4 is 21.5 Å². The van der Waals surface area contributed by atoms with Crippen molar-refractivity contribution in [3.8, 4) is 0 Å². The molecule has 1 aliphatic heterocycles. The van der Waals surface area contributed by atoms with E-state index in [4.69, 9.17) is 4.74 Å². The summed E-state index contributed by atoms with van der Waals surface area (Å²) >= 11 is 0. The highest BCUT2D eigenvalue weighted by molar-refractivity contribution is 7.89. The fourth-order valence-corrected chi connectivity index (χ4v) is 5.66. The van der Waals surface area contributed by atoms with Crippen LogP contribution in [0.1, 0.15) is 55.1 Å². The van der Waals surface area contributed by atoms with Gasteiger partial charge in [0.25, 0.3) is 0 Å². The van der Waals surface area contributed by atoms with Crippen LogP contribution in [-0.2, 0) is 14.8 Å². The standard InChI is InChI=1S/C24H32N2O4S/c1-16(2)23-10-9-21(11-17(23)3)25-13-24(27)20-7-6-8-22(12-20)31(28,29)26-14-18(4)30-19(5)15-26/h6-12,16,18-19,25H,13-15H2,1-5H3. The van der Waals surface area contributed by atoms with E-state index < -0.39 is 10.0 Å². The highest BCUT2D eigenvalue weighted by Crippen LogP contribution is 2.24. The van der Waals surface area contributed by atoms with E-state index in [9.17, 15) is 13.2 Å². The summed E-state index contributed by atoms with van der Waals surface area (Å²) in [6, 6.07) is 12.4. The number of benzene rings is 2. The fourth-order valence-electron chi connectivity index (χ4n) is 4.02. The minimum Gasteiger partial charge on any atom is -0.378 e. The molecule has 1 aliphatic rings. The third-order valence-electron chi connectivity index (χ3n) is 5.52. The highest BCUT2D eigenvalue weighted by Gasteiger charge is 2.32. The predicted molar refractivity (Wildman–Crippen MR) is 123 cm³/mol. The number of aryl methyl sites for hydroxylation is 1. The molecule has 2 aromatic rings. The summed E-state index contributed by atoms with van der Waals surface area (Å²) in [5, 5.41) is 3.16. The first kappa shape index (κ1) is 23.4. The van der Waals surface area contributed by atoms with Gasteiger partial charge in [-0.2, -0.15) is 4.31 Å². The highest BCUT2D eigenvalue weighted by atomic mass is 32.2. The quantitative estimate of drug-likeness (QED) is 0.648. The molecule has 0 spiro atoms. The molecule has 2 atom stereocenters. The van der Waals surface area contributed by atoms with Crippen molar-refractivity contribution in [2.45, 2.75) is 57.6 Å². The van der Waals surface area contributed by atoms with Gasteiger partial charge in [-0.25, -0.2) is 8.42 Å². The van der Waals surface area contributed by atoms with Crippen LogP contribution in [0.25, 0.3) is 0 Å². The summed E-state index contributed by atoms with van der Waals surface area (Å²) in [5.74, 6) is 0.282. The minimum absolute atomic E-state index is 0.0928. The Morgan fingerprint density at radius 1 is 1.13 bits per heavy atom. The Morgan fingerprint density at radius 2 is 1.81 bits per heavy atom. The van der Waals surface area contributed by atoms with Gasteiger partial charge >= 0.3 is 0 Å². The van der Waals surface area contributed by atoms with Gasteiger partial charge < -0.3 is 10.1 Å². The molecule has 0 amide bonds. The van der Waals surface area contributed by atoms with E-state index in [2.05, 4.69) is 32.2 Å². The molecule has 0 saturated carbocycles. The third-order valence-corrected chi connectivity index (χ3v) is 7.35. The smallest absolute Gasteiger partial charge is 0.243 e. The molecule has 1 N–H and O–H groups in total. The summed E-state index contributed by atoms with van der Waals surface area (Å²) in [5.41, 5.74) is 3.70. The van der Waals surface area contributed by atoms with E-state index in [0.717, 1.165) is 5.69 Å². The number of carbonyl (C=O) groups excluding carboxylic acids is 1. The normalized spacial score (nSPS) is 20.1. The topological polar surface area (TPSA) is 75.7 Å². The molecule has 2 aromatic carbocycles. The molecule has 0 aromatic heterocycles. The van der Waals surface area contributed by atoms with Crippen molar-refractivity contribution in [1.82, 2.24) is 4.31 Å². The molecular weight excluding hydrogens is 412 g/mol. The van der Waals surface area contributed by atoms with Gasteiger partial charge in [0.1, 0.15) is 0 Å². The van der Waals surface area contributed by atoms with E-state index in [1.54, 1.807) is 18.2 Å². The molecule has 6 nitrogen and oxygen atoms in total. The van der Waals surface area contributed by atoms with Crippen LogP contribution < -0.4 is 5.32 Å². The van der Waals surface area contributed by atoms with Crippen LogP contribution in [0.5, 0.6) is 0 Å². The lowest BCUT2D eigenvalue weighted by Gasteiger charge is -2.34. The molecule has 0 radical (unpaired) electrons. The Labute approximate surface area is 185 Å². The van der Waals surface area contributed by atoms with Gasteiger partial charge in [-0.15, -0.1) is 0 Å². The molecule has 1 heterocycles. The van der Waals surface area contributed by atoms with Gasteiger partial charge in [-0.1, -0.05) is 32.0 Å². The van der Waals surface area contributed by atoms with Crippen LogP contribution in [0.3, 0.4) is 0 Å². The molecule has 31 heavy (non-hydrogen) atoms. The molecule has 0 aliphatic carbocycles. The zero-order valence-corrected chi connectivity index (χ0v) is 19.7. The molecule has 7 heteroatoms. The lowest BCUT2D eigenvalue weighted by Crippen LogP contribution is -2.48. The Hall–Kier alpha value is -2.22. The molecule has 0 bridgehead atoms. The number of ketones is 1. The minimum atomic E-state index is -3.69.